The highest BCUT2D eigenvalue weighted by Gasteiger charge is 2.16. The molecule has 0 saturated carbocycles. The van der Waals surface area contributed by atoms with Crippen LogP contribution in [-0.4, -0.2) is 11.9 Å². The minimum absolute atomic E-state index is 0.339. The molecule has 4 nitrogen and oxygen atoms in total. The fraction of sp³-hybridized carbons (Fsp3) is 0.125. The van der Waals surface area contributed by atoms with E-state index in [-0.39, 0.29) is 0 Å². The average molecular weight is 304 g/mol. The van der Waals surface area contributed by atoms with Crippen molar-refractivity contribution in [1.82, 2.24) is 0 Å². The molecule has 0 heterocycles. The second kappa shape index (κ2) is 6.41. The molecule has 2 N–H and O–H groups in total. The molecular formula is C16H14ClNO3. The van der Waals surface area contributed by atoms with Gasteiger partial charge in [-0.25, -0.2) is 4.79 Å². The van der Waals surface area contributed by atoms with Crippen LogP contribution in [0, 0.1) is 0 Å². The Hall–Kier alpha value is -2.33. The first-order valence-electron chi connectivity index (χ1n) is 6.34. The highest BCUT2D eigenvalue weighted by atomic mass is 35.5. The summed E-state index contributed by atoms with van der Waals surface area (Å²) in [6.45, 7) is 1.75. The van der Waals surface area contributed by atoms with Crippen LogP contribution in [0.5, 0.6) is 0 Å². The zero-order valence-corrected chi connectivity index (χ0v) is 12.1. The van der Waals surface area contributed by atoms with Gasteiger partial charge in [-0.3, -0.25) is 4.79 Å². The summed E-state index contributed by atoms with van der Waals surface area (Å²) in [4.78, 5) is 23.0. The zero-order valence-electron chi connectivity index (χ0n) is 11.4. The van der Waals surface area contributed by atoms with Crippen molar-refractivity contribution in [3.8, 4) is 0 Å². The second-order valence-electron chi connectivity index (χ2n) is 4.51. The zero-order chi connectivity index (χ0) is 15.4. The molecule has 1 amide bonds. The van der Waals surface area contributed by atoms with Gasteiger partial charge in [0.2, 0.25) is 5.91 Å². The fourth-order valence-electron chi connectivity index (χ4n) is 1.87. The van der Waals surface area contributed by atoms with Crippen LogP contribution in [0.4, 0.5) is 0 Å². The van der Waals surface area contributed by atoms with Gasteiger partial charge >= 0.3 is 5.97 Å². The number of nitrogens with two attached hydrogens (primary N) is 1. The van der Waals surface area contributed by atoms with Gasteiger partial charge in [-0.15, -0.1) is 0 Å². The lowest BCUT2D eigenvalue weighted by atomic mass is 10.1. The molecule has 0 spiro atoms. The van der Waals surface area contributed by atoms with Crippen molar-refractivity contribution in [3.05, 3.63) is 70.2 Å². The smallest absolute Gasteiger partial charge is 0.338 e. The lowest BCUT2D eigenvalue weighted by Gasteiger charge is -2.15. The maximum Gasteiger partial charge on any atom is 0.338 e. The van der Waals surface area contributed by atoms with Crippen LogP contribution in [0.2, 0.25) is 5.02 Å². The molecule has 1 atom stereocenters. The third-order valence-electron chi connectivity index (χ3n) is 3.03. The van der Waals surface area contributed by atoms with Gasteiger partial charge in [-0.2, -0.15) is 0 Å². The monoisotopic (exact) mass is 303 g/mol. The van der Waals surface area contributed by atoms with Crippen LogP contribution in [0.1, 0.15) is 39.3 Å². The number of hydrogen-bond acceptors (Lipinski definition) is 3. The molecule has 1 unspecified atom stereocenters. The number of benzene rings is 2. The maximum absolute atomic E-state index is 12.0. The van der Waals surface area contributed by atoms with Crippen LogP contribution in [0.15, 0.2) is 48.5 Å². The van der Waals surface area contributed by atoms with Crippen molar-refractivity contribution in [2.24, 2.45) is 5.73 Å². The van der Waals surface area contributed by atoms with Gasteiger partial charge < -0.3 is 10.5 Å². The molecule has 2 rings (SSSR count). The number of rotatable bonds is 4. The number of halogens is 1. The average Bonchev–Trinajstić information content (AvgIpc) is 2.47. The summed E-state index contributed by atoms with van der Waals surface area (Å²) in [6.07, 6.45) is -0.470. The largest absolute Gasteiger partial charge is 0.454 e. The lowest BCUT2D eigenvalue weighted by molar-refractivity contribution is 0.0338. The third-order valence-corrected chi connectivity index (χ3v) is 3.38. The van der Waals surface area contributed by atoms with Gasteiger partial charge in [0, 0.05) is 16.1 Å². The predicted molar refractivity (Wildman–Crippen MR) is 80.2 cm³/mol. The van der Waals surface area contributed by atoms with Gasteiger partial charge in [-0.05, 0) is 37.3 Å². The molecule has 0 aliphatic rings. The Kier molecular flexibility index (Phi) is 4.60. The Morgan fingerprint density at radius 3 is 2.19 bits per heavy atom. The molecule has 0 bridgehead atoms. The van der Waals surface area contributed by atoms with Gasteiger partial charge in [0.15, 0.2) is 0 Å². The number of carbonyl (C=O) groups excluding carboxylic acids is 2. The molecule has 2 aromatic rings. The summed E-state index contributed by atoms with van der Waals surface area (Å²) in [6, 6.07) is 13.1. The molecule has 0 saturated heterocycles. The van der Waals surface area contributed by atoms with Gasteiger partial charge in [0.1, 0.15) is 6.10 Å². The summed E-state index contributed by atoms with van der Waals surface area (Å²) < 4.78 is 5.36. The van der Waals surface area contributed by atoms with Gasteiger partial charge in [0.25, 0.3) is 0 Å². The first-order chi connectivity index (χ1) is 9.99. The van der Waals surface area contributed by atoms with Crippen molar-refractivity contribution in [2.75, 3.05) is 0 Å². The van der Waals surface area contributed by atoms with E-state index in [2.05, 4.69) is 0 Å². The summed E-state index contributed by atoms with van der Waals surface area (Å²) in [5.74, 6) is -1.03. The van der Waals surface area contributed by atoms with E-state index in [4.69, 9.17) is 22.1 Å². The van der Waals surface area contributed by atoms with Crippen LogP contribution >= 0.6 is 11.6 Å². The van der Waals surface area contributed by atoms with Crippen LogP contribution < -0.4 is 5.73 Å². The Bertz CT molecular complexity index is 667. The molecular weight excluding hydrogens is 290 g/mol. The van der Waals surface area contributed by atoms with Gasteiger partial charge in [0.05, 0.1) is 5.56 Å². The van der Waals surface area contributed by atoms with E-state index in [1.165, 1.54) is 24.3 Å². The molecule has 0 fully saturated rings. The lowest BCUT2D eigenvalue weighted by Crippen LogP contribution is -2.12. The fourth-order valence-corrected chi connectivity index (χ4v) is 2.16. The number of carbonyl (C=O) groups is 2. The molecule has 21 heavy (non-hydrogen) atoms. The number of hydrogen-bond donors (Lipinski definition) is 1. The van der Waals surface area contributed by atoms with E-state index in [9.17, 15) is 9.59 Å². The third kappa shape index (κ3) is 3.61. The van der Waals surface area contributed by atoms with E-state index < -0.39 is 18.0 Å². The van der Waals surface area contributed by atoms with Crippen molar-refractivity contribution >= 4 is 23.5 Å². The van der Waals surface area contributed by atoms with Crippen LogP contribution in [-0.2, 0) is 4.74 Å². The molecule has 108 valence electrons. The van der Waals surface area contributed by atoms with Gasteiger partial charge in [-0.1, -0.05) is 29.8 Å². The summed E-state index contributed by atoms with van der Waals surface area (Å²) in [5.41, 5.74) is 6.57. The Balaban J connectivity index is 2.11. The summed E-state index contributed by atoms with van der Waals surface area (Å²) in [7, 11) is 0. The SMILES string of the molecule is CC(OC(=O)c1ccc(C(N)=O)cc1)c1ccccc1Cl. The van der Waals surface area contributed by atoms with E-state index in [1.54, 1.807) is 19.1 Å². The second-order valence-corrected chi connectivity index (χ2v) is 4.92. The minimum atomic E-state index is -0.542. The van der Waals surface area contributed by atoms with Crippen molar-refractivity contribution in [1.29, 1.82) is 0 Å². The molecule has 0 aliphatic carbocycles. The Labute approximate surface area is 127 Å². The topological polar surface area (TPSA) is 69.4 Å². The van der Waals surface area contributed by atoms with E-state index in [0.717, 1.165) is 5.56 Å². The Morgan fingerprint density at radius 2 is 1.62 bits per heavy atom. The quantitative estimate of drug-likeness (QED) is 0.881. The highest BCUT2D eigenvalue weighted by molar-refractivity contribution is 6.31. The maximum atomic E-state index is 12.0. The number of amides is 1. The Morgan fingerprint density at radius 1 is 1.05 bits per heavy atom. The number of ether oxygens (including phenoxy) is 1. The first kappa shape index (κ1) is 15.1. The first-order valence-corrected chi connectivity index (χ1v) is 6.72. The van der Waals surface area contributed by atoms with Crippen LogP contribution in [0.25, 0.3) is 0 Å². The highest BCUT2D eigenvalue weighted by Crippen LogP contribution is 2.25. The number of primary amides is 1. The molecule has 5 heteroatoms. The van der Waals surface area contributed by atoms with E-state index >= 15 is 0 Å². The molecule has 0 aliphatic heterocycles. The van der Waals surface area contributed by atoms with Crippen molar-refractivity contribution < 1.29 is 14.3 Å². The predicted octanol–water partition coefficient (Wildman–Crippen LogP) is 3.36. The standard InChI is InChI=1S/C16H14ClNO3/c1-10(13-4-2-3-5-14(13)17)21-16(20)12-8-6-11(7-9-12)15(18)19/h2-10H,1H3,(H2,18,19). The van der Waals surface area contributed by atoms with Crippen LogP contribution in [0.3, 0.4) is 0 Å². The van der Waals surface area contributed by atoms with E-state index in [1.807, 2.05) is 12.1 Å². The minimum Gasteiger partial charge on any atom is -0.454 e. The normalized spacial score (nSPS) is 11.7. The summed E-state index contributed by atoms with van der Waals surface area (Å²) in [5, 5.41) is 0.543. The number of esters is 1. The molecule has 0 radical (unpaired) electrons. The summed E-state index contributed by atoms with van der Waals surface area (Å²) >= 11 is 6.06. The van der Waals surface area contributed by atoms with E-state index in [0.29, 0.717) is 16.1 Å². The molecule has 2 aromatic carbocycles. The molecule has 0 aromatic heterocycles. The van der Waals surface area contributed by atoms with Crippen molar-refractivity contribution in [2.45, 2.75) is 13.0 Å². The van der Waals surface area contributed by atoms with Crippen molar-refractivity contribution in [3.63, 3.8) is 0 Å².